The zero-order valence-corrected chi connectivity index (χ0v) is 16.9. The summed E-state index contributed by atoms with van der Waals surface area (Å²) in [7, 11) is 0. The first-order valence-electron chi connectivity index (χ1n) is 9.37. The van der Waals surface area contributed by atoms with E-state index in [1.807, 2.05) is 19.9 Å². The van der Waals surface area contributed by atoms with Gasteiger partial charge in [-0.15, -0.1) is 0 Å². The number of benzene rings is 1. The minimum Gasteiger partial charge on any atom is -0.491 e. The van der Waals surface area contributed by atoms with Crippen LogP contribution in [-0.4, -0.2) is 6.61 Å². The molecule has 0 radical (unpaired) electrons. The second-order valence-electron chi connectivity index (χ2n) is 6.81. The van der Waals surface area contributed by atoms with E-state index >= 15 is 0 Å². The fraction of sp³-hybridized carbons (Fsp3) is 0.333. The third-order valence-corrected chi connectivity index (χ3v) is 4.55. The van der Waals surface area contributed by atoms with Crippen molar-refractivity contribution in [2.75, 3.05) is 6.61 Å². The Hall–Kier alpha value is -2.49. The molecule has 0 saturated carbocycles. The predicted molar refractivity (Wildman–Crippen MR) is 112 cm³/mol. The Morgan fingerprint density at radius 1 is 1.11 bits per heavy atom. The van der Waals surface area contributed by atoms with Gasteiger partial charge in [0.05, 0.1) is 6.61 Å². The molecule has 0 aliphatic heterocycles. The molecule has 0 spiro atoms. The summed E-state index contributed by atoms with van der Waals surface area (Å²) < 4.78 is 46.8. The maximum absolute atomic E-state index is 14.0. The van der Waals surface area contributed by atoms with Gasteiger partial charge in [0.1, 0.15) is 5.76 Å². The van der Waals surface area contributed by atoms with Gasteiger partial charge in [0.15, 0.2) is 17.5 Å². The molecule has 1 nitrogen and oxygen atoms in total. The molecular formula is C24H29F3O. The molecule has 1 aromatic carbocycles. The minimum atomic E-state index is -0.892. The third-order valence-electron chi connectivity index (χ3n) is 4.55. The molecule has 0 heterocycles. The highest BCUT2D eigenvalue weighted by molar-refractivity contribution is 5.56. The molecule has 1 rings (SSSR count). The maximum atomic E-state index is 14.0. The number of rotatable bonds is 11. The summed E-state index contributed by atoms with van der Waals surface area (Å²) in [4.78, 5) is 0. The van der Waals surface area contributed by atoms with Crippen molar-refractivity contribution in [1.82, 2.24) is 0 Å². The molecule has 152 valence electrons. The average molecular weight is 390 g/mol. The average Bonchev–Trinajstić information content (AvgIpc) is 2.67. The number of hydrogen-bond donors (Lipinski definition) is 0. The smallest absolute Gasteiger partial charge is 0.166 e. The molecule has 0 bridgehead atoms. The fourth-order valence-corrected chi connectivity index (χ4v) is 2.56. The molecule has 0 aliphatic rings. The van der Waals surface area contributed by atoms with Crippen molar-refractivity contribution in [2.45, 2.75) is 33.6 Å². The Kier molecular flexibility index (Phi) is 9.57. The van der Waals surface area contributed by atoms with Crippen LogP contribution in [0.15, 0.2) is 61.2 Å². The zero-order valence-electron chi connectivity index (χ0n) is 16.9. The van der Waals surface area contributed by atoms with Gasteiger partial charge in [-0.3, -0.25) is 0 Å². The largest absolute Gasteiger partial charge is 0.491 e. The lowest BCUT2D eigenvalue weighted by molar-refractivity contribution is 0.226. The van der Waals surface area contributed by atoms with E-state index in [1.54, 1.807) is 13.0 Å². The second kappa shape index (κ2) is 11.4. The predicted octanol–water partition coefficient (Wildman–Crippen LogP) is 7.63. The van der Waals surface area contributed by atoms with Crippen LogP contribution in [0.2, 0.25) is 0 Å². The van der Waals surface area contributed by atoms with E-state index in [0.29, 0.717) is 12.2 Å². The standard InChI is InChI=1S/C24H29F3O/c1-7-20-13-14-21(24(27)23(20)26)12-10-16(3)9-11-17(4)18(5)15-22(25)19(6)28-8-2/h7,10,12-17H,1,5-6,8-9,11H2,2-4H3/b12-10+,22-15+. The molecule has 0 aliphatic carbocycles. The van der Waals surface area contributed by atoms with E-state index in [1.165, 1.54) is 24.3 Å². The lowest BCUT2D eigenvalue weighted by Gasteiger charge is -2.14. The van der Waals surface area contributed by atoms with Crippen molar-refractivity contribution in [3.8, 4) is 0 Å². The summed E-state index contributed by atoms with van der Waals surface area (Å²) in [6.45, 7) is 17.0. The molecular weight excluding hydrogens is 361 g/mol. The van der Waals surface area contributed by atoms with Gasteiger partial charge in [0.25, 0.3) is 0 Å². The van der Waals surface area contributed by atoms with Crippen LogP contribution in [0.4, 0.5) is 13.2 Å². The summed E-state index contributed by atoms with van der Waals surface area (Å²) in [6, 6.07) is 3.03. The lowest BCUT2D eigenvalue weighted by Crippen LogP contribution is -2.01. The van der Waals surface area contributed by atoms with E-state index < -0.39 is 17.5 Å². The van der Waals surface area contributed by atoms with Crippen molar-refractivity contribution >= 4 is 12.2 Å². The number of halogens is 3. The Labute approximate surface area is 166 Å². The second-order valence-corrected chi connectivity index (χ2v) is 6.81. The molecule has 0 saturated heterocycles. The summed E-state index contributed by atoms with van der Waals surface area (Å²) in [5.74, 6) is -2.08. The third kappa shape index (κ3) is 6.91. The van der Waals surface area contributed by atoms with Crippen LogP contribution in [0.3, 0.4) is 0 Å². The SMILES string of the molecule is C=Cc1ccc(/C=C/C(C)CCC(C)C(=C)/C=C(/F)C(=C)OCC)c(F)c1F. The highest BCUT2D eigenvalue weighted by atomic mass is 19.2. The van der Waals surface area contributed by atoms with Gasteiger partial charge >= 0.3 is 0 Å². The van der Waals surface area contributed by atoms with Gasteiger partial charge in [-0.05, 0) is 43.3 Å². The van der Waals surface area contributed by atoms with E-state index in [0.717, 1.165) is 12.8 Å². The monoisotopic (exact) mass is 390 g/mol. The Balaban J connectivity index is 2.63. The first-order valence-corrected chi connectivity index (χ1v) is 9.37. The first-order chi connectivity index (χ1) is 13.2. The molecule has 0 N–H and O–H groups in total. The highest BCUT2D eigenvalue weighted by Gasteiger charge is 2.12. The van der Waals surface area contributed by atoms with Crippen LogP contribution in [0.5, 0.6) is 0 Å². The van der Waals surface area contributed by atoms with Crippen molar-refractivity contribution in [1.29, 1.82) is 0 Å². The molecule has 1 aromatic rings. The van der Waals surface area contributed by atoms with Gasteiger partial charge in [-0.25, -0.2) is 13.2 Å². The van der Waals surface area contributed by atoms with Gasteiger partial charge in [-0.2, -0.15) is 0 Å². The minimum absolute atomic E-state index is 0.00360. The highest BCUT2D eigenvalue weighted by Crippen LogP contribution is 2.24. The fourth-order valence-electron chi connectivity index (χ4n) is 2.56. The Bertz CT molecular complexity index is 774. The van der Waals surface area contributed by atoms with Crippen LogP contribution in [0.25, 0.3) is 12.2 Å². The number of ether oxygens (including phenoxy) is 1. The number of hydrogen-bond acceptors (Lipinski definition) is 1. The summed E-state index contributed by atoms with van der Waals surface area (Å²) in [5, 5.41) is 0. The van der Waals surface area contributed by atoms with Gasteiger partial charge in [0, 0.05) is 11.1 Å². The van der Waals surface area contributed by atoms with Crippen molar-refractivity contribution in [2.24, 2.45) is 11.8 Å². The normalized spacial score (nSPS) is 14.0. The molecule has 2 unspecified atom stereocenters. The van der Waals surface area contributed by atoms with E-state index in [2.05, 4.69) is 19.7 Å². The van der Waals surface area contributed by atoms with E-state index in [9.17, 15) is 13.2 Å². The van der Waals surface area contributed by atoms with Crippen molar-refractivity contribution in [3.05, 3.63) is 83.9 Å². The van der Waals surface area contributed by atoms with E-state index in [-0.39, 0.29) is 28.7 Å². The van der Waals surface area contributed by atoms with Crippen LogP contribution in [-0.2, 0) is 4.74 Å². The van der Waals surface area contributed by atoms with Crippen LogP contribution >= 0.6 is 0 Å². The molecule has 2 atom stereocenters. The molecule has 0 amide bonds. The summed E-state index contributed by atoms with van der Waals surface area (Å²) in [5.41, 5.74) is 0.997. The van der Waals surface area contributed by atoms with Crippen molar-refractivity contribution < 1.29 is 17.9 Å². The summed E-state index contributed by atoms with van der Waals surface area (Å²) in [6.07, 6.45) is 7.64. The Morgan fingerprint density at radius 3 is 2.32 bits per heavy atom. The topological polar surface area (TPSA) is 9.23 Å². The van der Waals surface area contributed by atoms with Gasteiger partial charge in [-0.1, -0.05) is 63.9 Å². The van der Waals surface area contributed by atoms with Crippen LogP contribution in [0, 0.1) is 23.5 Å². The molecule has 4 heteroatoms. The van der Waals surface area contributed by atoms with Gasteiger partial charge in [0.2, 0.25) is 0 Å². The molecule has 0 aromatic heterocycles. The lowest BCUT2D eigenvalue weighted by atomic mass is 9.92. The maximum Gasteiger partial charge on any atom is 0.166 e. The summed E-state index contributed by atoms with van der Waals surface area (Å²) >= 11 is 0. The van der Waals surface area contributed by atoms with Gasteiger partial charge < -0.3 is 4.74 Å². The Morgan fingerprint density at radius 2 is 1.71 bits per heavy atom. The van der Waals surface area contributed by atoms with Crippen molar-refractivity contribution in [3.63, 3.8) is 0 Å². The molecule has 28 heavy (non-hydrogen) atoms. The van der Waals surface area contributed by atoms with Crippen LogP contribution in [0.1, 0.15) is 44.7 Å². The zero-order chi connectivity index (χ0) is 21.3. The first kappa shape index (κ1) is 23.5. The number of allylic oxidation sites excluding steroid dienone is 4. The quantitative estimate of drug-likeness (QED) is 0.279. The van der Waals surface area contributed by atoms with E-state index in [4.69, 9.17) is 4.74 Å². The molecule has 0 fully saturated rings. The van der Waals surface area contributed by atoms with Crippen LogP contribution < -0.4 is 0 Å².